The summed E-state index contributed by atoms with van der Waals surface area (Å²) in [6.07, 6.45) is 5.55. The number of likely N-dealkylation sites (tertiary alicyclic amines) is 1. The second-order valence-corrected chi connectivity index (χ2v) is 6.63. The highest BCUT2D eigenvalue weighted by Gasteiger charge is 2.27. The average Bonchev–Trinajstić information content (AvgIpc) is 2.73. The number of piperidine rings is 1. The van der Waals surface area contributed by atoms with Gasteiger partial charge in [-0.25, -0.2) is 0 Å². The van der Waals surface area contributed by atoms with E-state index in [0.29, 0.717) is 16.8 Å². The van der Waals surface area contributed by atoms with Crippen molar-refractivity contribution in [2.45, 2.75) is 38.6 Å². The third-order valence-corrected chi connectivity index (χ3v) is 4.85. The van der Waals surface area contributed by atoms with Crippen molar-refractivity contribution >= 4 is 17.5 Å². The fraction of sp³-hybridized carbons (Fsp3) is 0.333. The van der Waals surface area contributed by atoms with E-state index in [1.54, 1.807) is 30.3 Å². The van der Waals surface area contributed by atoms with Gasteiger partial charge in [-0.2, -0.15) is 5.26 Å². The number of nitrogens with zero attached hydrogens (tertiary/aromatic N) is 3. The molecule has 1 aromatic carbocycles. The van der Waals surface area contributed by atoms with Crippen LogP contribution in [0.15, 0.2) is 42.6 Å². The predicted octanol–water partition coefficient (Wildman–Crippen LogP) is 3.61. The van der Waals surface area contributed by atoms with E-state index in [1.807, 2.05) is 11.0 Å². The highest BCUT2D eigenvalue weighted by molar-refractivity contribution is 6.05. The Balaban J connectivity index is 1.77. The second-order valence-electron chi connectivity index (χ2n) is 6.63. The van der Waals surface area contributed by atoms with Gasteiger partial charge in [0.15, 0.2) is 0 Å². The molecule has 0 aliphatic carbocycles. The van der Waals surface area contributed by atoms with Crippen molar-refractivity contribution < 1.29 is 9.59 Å². The molecular formula is C21H22N4O2. The van der Waals surface area contributed by atoms with Crippen LogP contribution in [0, 0.1) is 11.3 Å². The number of anilines is 1. The van der Waals surface area contributed by atoms with Crippen molar-refractivity contribution in [1.29, 1.82) is 5.26 Å². The summed E-state index contributed by atoms with van der Waals surface area (Å²) < 4.78 is 0. The van der Waals surface area contributed by atoms with Crippen LogP contribution in [0.2, 0.25) is 0 Å². The van der Waals surface area contributed by atoms with Gasteiger partial charge in [0.1, 0.15) is 5.69 Å². The smallest absolute Gasteiger partial charge is 0.272 e. The SMILES string of the molecule is CCC1CCCCN1C(=O)c1cc(C(=O)Nc2cccc(C#N)c2)ccn1. The van der Waals surface area contributed by atoms with Gasteiger partial charge in [0.2, 0.25) is 0 Å². The van der Waals surface area contributed by atoms with Crippen molar-refractivity contribution in [3.63, 3.8) is 0 Å². The van der Waals surface area contributed by atoms with Crippen LogP contribution in [0.5, 0.6) is 0 Å². The first-order valence-electron chi connectivity index (χ1n) is 9.21. The predicted molar refractivity (Wildman–Crippen MR) is 102 cm³/mol. The summed E-state index contributed by atoms with van der Waals surface area (Å²) in [5.41, 5.74) is 1.65. The minimum atomic E-state index is -0.341. The third kappa shape index (κ3) is 4.32. The molecule has 2 heterocycles. The Kier molecular flexibility index (Phi) is 5.82. The molecule has 0 bridgehead atoms. The first-order valence-corrected chi connectivity index (χ1v) is 9.21. The van der Waals surface area contributed by atoms with Crippen LogP contribution in [-0.2, 0) is 0 Å². The number of carbonyl (C=O) groups excluding carboxylic acids is 2. The van der Waals surface area contributed by atoms with Gasteiger partial charge in [0.25, 0.3) is 11.8 Å². The van der Waals surface area contributed by atoms with Gasteiger partial charge in [-0.15, -0.1) is 0 Å². The van der Waals surface area contributed by atoms with Crippen LogP contribution in [0.4, 0.5) is 5.69 Å². The lowest BCUT2D eigenvalue weighted by Crippen LogP contribution is -2.43. The molecule has 6 heteroatoms. The average molecular weight is 362 g/mol. The molecular weight excluding hydrogens is 340 g/mol. The summed E-state index contributed by atoms with van der Waals surface area (Å²) in [5.74, 6) is -0.463. The van der Waals surface area contributed by atoms with Gasteiger partial charge in [-0.3, -0.25) is 14.6 Å². The van der Waals surface area contributed by atoms with Crippen LogP contribution >= 0.6 is 0 Å². The topological polar surface area (TPSA) is 86.1 Å². The maximum absolute atomic E-state index is 12.9. The minimum Gasteiger partial charge on any atom is -0.334 e. The molecule has 1 atom stereocenters. The zero-order valence-electron chi connectivity index (χ0n) is 15.3. The fourth-order valence-electron chi connectivity index (χ4n) is 3.40. The Hall–Kier alpha value is -3.20. The number of nitriles is 1. The van der Waals surface area contributed by atoms with E-state index < -0.39 is 0 Å². The molecule has 3 rings (SSSR count). The Morgan fingerprint density at radius 3 is 2.93 bits per heavy atom. The monoisotopic (exact) mass is 362 g/mol. The van der Waals surface area contributed by atoms with Crippen LogP contribution < -0.4 is 5.32 Å². The molecule has 1 N–H and O–H groups in total. The van der Waals surface area contributed by atoms with Crippen LogP contribution in [0.3, 0.4) is 0 Å². The zero-order chi connectivity index (χ0) is 19.2. The lowest BCUT2D eigenvalue weighted by molar-refractivity contribution is 0.0602. The molecule has 6 nitrogen and oxygen atoms in total. The number of hydrogen-bond donors (Lipinski definition) is 1. The van der Waals surface area contributed by atoms with Gasteiger partial charge in [0.05, 0.1) is 11.6 Å². The fourth-order valence-corrected chi connectivity index (χ4v) is 3.40. The first kappa shape index (κ1) is 18.6. The number of pyridine rings is 1. The first-order chi connectivity index (χ1) is 13.1. The number of aromatic nitrogens is 1. The molecule has 1 aliphatic rings. The number of hydrogen-bond acceptors (Lipinski definition) is 4. The van der Waals surface area contributed by atoms with Crippen molar-refractivity contribution in [1.82, 2.24) is 9.88 Å². The number of rotatable bonds is 4. The Bertz CT molecular complexity index is 888. The number of benzene rings is 1. The Morgan fingerprint density at radius 2 is 2.15 bits per heavy atom. The molecule has 2 amide bonds. The van der Waals surface area contributed by atoms with Crippen molar-refractivity contribution in [3.8, 4) is 6.07 Å². The van der Waals surface area contributed by atoms with Crippen LogP contribution in [0.25, 0.3) is 0 Å². The number of amides is 2. The zero-order valence-corrected chi connectivity index (χ0v) is 15.3. The molecule has 27 heavy (non-hydrogen) atoms. The highest BCUT2D eigenvalue weighted by atomic mass is 16.2. The van der Waals surface area contributed by atoms with Gasteiger partial charge in [0, 0.05) is 30.0 Å². The summed E-state index contributed by atoms with van der Waals surface area (Å²) in [7, 11) is 0. The van der Waals surface area contributed by atoms with E-state index in [9.17, 15) is 9.59 Å². The summed E-state index contributed by atoms with van der Waals surface area (Å²) in [6, 6.07) is 12.1. The second kappa shape index (κ2) is 8.45. The van der Waals surface area contributed by atoms with Gasteiger partial charge in [-0.05, 0) is 56.0 Å². The van der Waals surface area contributed by atoms with Crippen molar-refractivity contribution in [3.05, 3.63) is 59.4 Å². The molecule has 0 saturated carbocycles. The van der Waals surface area contributed by atoms with Crippen LogP contribution in [-0.4, -0.2) is 34.3 Å². The number of nitrogens with one attached hydrogen (secondary N) is 1. The van der Waals surface area contributed by atoms with E-state index >= 15 is 0 Å². The maximum Gasteiger partial charge on any atom is 0.272 e. The molecule has 1 aliphatic heterocycles. The quantitative estimate of drug-likeness (QED) is 0.900. The summed E-state index contributed by atoms with van der Waals surface area (Å²) >= 11 is 0. The molecule has 1 unspecified atom stereocenters. The van der Waals surface area contributed by atoms with Crippen LogP contribution in [0.1, 0.15) is 59.0 Å². The Labute approximate surface area is 158 Å². The van der Waals surface area contributed by atoms with E-state index in [-0.39, 0.29) is 23.6 Å². The molecule has 2 aromatic rings. The minimum absolute atomic E-state index is 0.123. The Morgan fingerprint density at radius 1 is 1.30 bits per heavy atom. The van der Waals surface area contributed by atoms with E-state index in [1.165, 1.54) is 12.3 Å². The number of carbonyl (C=O) groups is 2. The highest BCUT2D eigenvalue weighted by Crippen LogP contribution is 2.21. The van der Waals surface area contributed by atoms with E-state index in [0.717, 1.165) is 32.2 Å². The standard InChI is InChI=1S/C21H22N4O2/c1-2-18-8-3-4-11-25(18)21(27)19-13-16(9-10-23-19)20(26)24-17-7-5-6-15(12-17)14-22/h5-7,9-10,12-13,18H,2-4,8,11H2,1H3,(H,24,26). The van der Waals surface area contributed by atoms with Gasteiger partial charge in [-0.1, -0.05) is 13.0 Å². The molecule has 1 aromatic heterocycles. The normalized spacial score (nSPS) is 16.4. The van der Waals surface area contributed by atoms with Gasteiger partial charge >= 0.3 is 0 Å². The van der Waals surface area contributed by atoms with E-state index in [4.69, 9.17) is 5.26 Å². The molecule has 0 radical (unpaired) electrons. The summed E-state index contributed by atoms with van der Waals surface area (Å²) in [4.78, 5) is 31.5. The van der Waals surface area contributed by atoms with Crippen molar-refractivity contribution in [2.75, 3.05) is 11.9 Å². The maximum atomic E-state index is 12.9. The third-order valence-electron chi connectivity index (χ3n) is 4.85. The lowest BCUT2D eigenvalue weighted by atomic mass is 9.99. The largest absolute Gasteiger partial charge is 0.334 e. The van der Waals surface area contributed by atoms with Crippen molar-refractivity contribution in [2.24, 2.45) is 0 Å². The lowest BCUT2D eigenvalue weighted by Gasteiger charge is -2.35. The summed E-state index contributed by atoms with van der Waals surface area (Å²) in [5, 5.41) is 11.7. The van der Waals surface area contributed by atoms with Gasteiger partial charge < -0.3 is 10.2 Å². The molecule has 1 fully saturated rings. The summed E-state index contributed by atoms with van der Waals surface area (Å²) in [6.45, 7) is 2.82. The molecule has 0 spiro atoms. The van der Waals surface area contributed by atoms with E-state index in [2.05, 4.69) is 17.2 Å². The molecule has 138 valence electrons. The molecule has 1 saturated heterocycles.